The standard InChI is InChI=1S/C17H26N2O2/c1-6-18-15-8-7-14(9-12(15)2)16(20)19-10-13(3)21-17(4,5)11-19/h7-9,13,18H,6,10-11H2,1-5H3. The number of carbonyl (C=O) groups is 1. The maximum Gasteiger partial charge on any atom is 0.254 e. The maximum absolute atomic E-state index is 12.7. The Labute approximate surface area is 127 Å². The van der Waals surface area contributed by atoms with Crippen molar-refractivity contribution in [1.82, 2.24) is 4.90 Å². The van der Waals surface area contributed by atoms with Crippen LogP contribution < -0.4 is 5.32 Å². The number of aryl methyl sites for hydroxylation is 1. The van der Waals surface area contributed by atoms with Crippen molar-refractivity contribution in [3.8, 4) is 0 Å². The van der Waals surface area contributed by atoms with Gasteiger partial charge in [-0.05, 0) is 58.4 Å². The Kier molecular flexibility index (Phi) is 4.57. The van der Waals surface area contributed by atoms with Crippen LogP contribution in [0.3, 0.4) is 0 Å². The number of rotatable bonds is 3. The zero-order valence-corrected chi connectivity index (χ0v) is 13.7. The first-order valence-electron chi connectivity index (χ1n) is 7.64. The number of carbonyl (C=O) groups excluding carboxylic acids is 1. The summed E-state index contributed by atoms with van der Waals surface area (Å²) in [7, 11) is 0. The third-order valence-corrected chi connectivity index (χ3v) is 3.70. The van der Waals surface area contributed by atoms with Crippen molar-refractivity contribution in [2.45, 2.75) is 46.3 Å². The molecule has 116 valence electrons. The molecule has 0 spiro atoms. The Morgan fingerprint density at radius 1 is 1.48 bits per heavy atom. The summed E-state index contributed by atoms with van der Waals surface area (Å²) in [5.41, 5.74) is 2.65. The van der Waals surface area contributed by atoms with Gasteiger partial charge in [-0.1, -0.05) is 0 Å². The molecule has 2 rings (SSSR count). The van der Waals surface area contributed by atoms with Gasteiger partial charge in [0.05, 0.1) is 11.7 Å². The van der Waals surface area contributed by atoms with Gasteiger partial charge in [-0.15, -0.1) is 0 Å². The van der Waals surface area contributed by atoms with Crippen LogP contribution in [0.4, 0.5) is 5.69 Å². The summed E-state index contributed by atoms with van der Waals surface area (Å²) in [6, 6.07) is 5.86. The summed E-state index contributed by atoms with van der Waals surface area (Å²) in [6.45, 7) is 12.3. The molecule has 1 aliphatic rings. The molecule has 1 heterocycles. The van der Waals surface area contributed by atoms with Crippen molar-refractivity contribution in [3.63, 3.8) is 0 Å². The molecule has 1 aliphatic heterocycles. The van der Waals surface area contributed by atoms with Crippen LogP contribution in [0.15, 0.2) is 18.2 Å². The van der Waals surface area contributed by atoms with Gasteiger partial charge in [0.1, 0.15) is 0 Å². The molecule has 0 bridgehead atoms. The molecule has 1 aromatic carbocycles. The van der Waals surface area contributed by atoms with Gasteiger partial charge in [0, 0.05) is 30.9 Å². The quantitative estimate of drug-likeness (QED) is 0.930. The number of morpholine rings is 1. The third-order valence-electron chi connectivity index (χ3n) is 3.70. The van der Waals surface area contributed by atoms with Gasteiger partial charge in [0.25, 0.3) is 5.91 Å². The fraction of sp³-hybridized carbons (Fsp3) is 0.588. The van der Waals surface area contributed by atoms with Gasteiger partial charge in [0.15, 0.2) is 0 Å². The van der Waals surface area contributed by atoms with E-state index < -0.39 is 0 Å². The van der Waals surface area contributed by atoms with Gasteiger partial charge in [-0.25, -0.2) is 0 Å². The van der Waals surface area contributed by atoms with Gasteiger partial charge < -0.3 is 15.0 Å². The van der Waals surface area contributed by atoms with E-state index >= 15 is 0 Å². The van der Waals surface area contributed by atoms with Crippen molar-refractivity contribution in [1.29, 1.82) is 0 Å². The monoisotopic (exact) mass is 290 g/mol. The second kappa shape index (κ2) is 6.06. The molecule has 0 aromatic heterocycles. The van der Waals surface area contributed by atoms with E-state index in [4.69, 9.17) is 4.74 Å². The molecule has 4 heteroatoms. The minimum Gasteiger partial charge on any atom is -0.385 e. The number of ether oxygens (including phenoxy) is 1. The Balaban J connectivity index is 2.18. The van der Waals surface area contributed by atoms with Gasteiger partial charge in [-0.2, -0.15) is 0 Å². The van der Waals surface area contributed by atoms with Crippen molar-refractivity contribution >= 4 is 11.6 Å². The normalized spacial score (nSPS) is 21.2. The van der Waals surface area contributed by atoms with Crippen LogP contribution in [0.5, 0.6) is 0 Å². The van der Waals surface area contributed by atoms with Crippen LogP contribution in [-0.4, -0.2) is 42.1 Å². The number of anilines is 1. The molecule has 4 nitrogen and oxygen atoms in total. The van der Waals surface area contributed by atoms with Crippen LogP contribution in [0.25, 0.3) is 0 Å². The lowest BCUT2D eigenvalue weighted by molar-refractivity contribution is -0.118. The molecule has 21 heavy (non-hydrogen) atoms. The van der Waals surface area contributed by atoms with E-state index in [1.54, 1.807) is 0 Å². The predicted molar refractivity (Wildman–Crippen MR) is 85.9 cm³/mol. The average molecular weight is 290 g/mol. The zero-order valence-electron chi connectivity index (χ0n) is 13.7. The first kappa shape index (κ1) is 15.8. The number of amides is 1. The molecule has 1 unspecified atom stereocenters. The molecule has 0 radical (unpaired) electrons. The highest BCUT2D eigenvalue weighted by Crippen LogP contribution is 2.23. The SMILES string of the molecule is CCNc1ccc(C(=O)N2CC(C)OC(C)(C)C2)cc1C. The number of nitrogens with zero attached hydrogens (tertiary/aromatic N) is 1. The molecular formula is C17H26N2O2. The lowest BCUT2D eigenvalue weighted by Gasteiger charge is -2.41. The fourth-order valence-corrected chi connectivity index (χ4v) is 2.98. The lowest BCUT2D eigenvalue weighted by Crippen LogP contribution is -2.53. The predicted octanol–water partition coefficient (Wildman–Crippen LogP) is 3.07. The van der Waals surface area contributed by atoms with Crippen molar-refractivity contribution in [2.75, 3.05) is 25.0 Å². The first-order chi connectivity index (χ1) is 9.82. The van der Waals surface area contributed by atoms with Crippen molar-refractivity contribution in [3.05, 3.63) is 29.3 Å². The Morgan fingerprint density at radius 2 is 2.19 bits per heavy atom. The summed E-state index contributed by atoms with van der Waals surface area (Å²) < 4.78 is 5.86. The highest BCUT2D eigenvalue weighted by Gasteiger charge is 2.34. The number of hydrogen-bond acceptors (Lipinski definition) is 3. The summed E-state index contributed by atoms with van der Waals surface area (Å²) in [5.74, 6) is 0.0874. The molecule has 0 aliphatic carbocycles. The maximum atomic E-state index is 12.7. The largest absolute Gasteiger partial charge is 0.385 e. The van der Waals surface area contributed by atoms with Crippen LogP contribution in [0, 0.1) is 6.92 Å². The van der Waals surface area contributed by atoms with Gasteiger partial charge in [0.2, 0.25) is 0 Å². The fourth-order valence-electron chi connectivity index (χ4n) is 2.98. The zero-order chi connectivity index (χ0) is 15.6. The van der Waals surface area contributed by atoms with Crippen LogP contribution in [0.1, 0.15) is 43.6 Å². The molecule has 1 amide bonds. The smallest absolute Gasteiger partial charge is 0.254 e. The summed E-state index contributed by atoms with van der Waals surface area (Å²) in [5, 5.41) is 3.30. The first-order valence-corrected chi connectivity index (χ1v) is 7.64. The topological polar surface area (TPSA) is 41.6 Å². The van der Waals surface area contributed by atoms with Gasteiger partial charge >= 0.3 is 0 Å². The van der Waals surface area contributed by atoms with Crippen molar-refractivity contribution in [2.24, 2.45) is 0 Å². The number of hydrogen-bond donors (Lipinski definition) is 1. The molecule has 1 atom stereocenters. The molecule has 1 fully saturated rings. The van der Waals surface area contributed by atoms with E-state index in [-0.39, 0.29) is 17.6 Å². The van der Waals surface area contributed by atoms with Gasteiger partial charge in [-0.3, -0.25) is 4.79 Å². The lowest BCUT2D eigenvalue weighted by atomic mass is 10.0. The highest BCUT2D eigenvalue weighted by atomic mass is 16.5. The molecule has 1 aromatic rings. The van der Waals surface area contributed by atoms with E-state index in [9.17, 15) is 4.79 Å². The summed E-state index contributed by atoms with van der Waals surface area (Å²) in [4.78, 5) is 14.6. The molecule has 1 saturated heterocycles. The Bertz CT molecular complexity index is 526. The molecule has 0 saturated carbocycles. The van der Waals surface area contributed by atoms with Crippen LogP contribution in [-0.2, 0) is 4.74 Å². The van der Waals surface area contributed by atoms with E-state index in [1.807, 2.05) is 50.8 Å². The number of nitrogens with one attached hydrogen (secondary N) is 1. The van der Waals surface area contributed by atoms with E-state index in [0.29, 0.717) is 13.1 Å². The molecular weight excluding hydrogens is 264 g/mol. The van der Waals surface area contributed by atoms with E-state index in [2.05, 4.69) is 12.2 Å². The third kappa shape index (κ3) is 3.76. The van der Waals surface area contributed by atoms with Crippen molar-refractivity contribution < 1.29 is 9.53 Å². The Morgan fingerprint density at radius 3 is 2.76 bits per heavy atom. The second-order valence-electron chi connectivity index (χ2n) is 6.43. The summed E-state index contributed by atoms with van der Waals surface area (Å²) in [6.07, 6.45) is 0.0693. The molecule has 1 N–H and O–H groups in total. The highest BCUT2D eigenvalue weighted by molar-refractivity contribution is 5.95. The van der Waals surface area contributed by atoms with E-state index in [1.165, 1.54) is 0 Å². The van der Waals surface area contributed by atoms with Crippen LogP contribution >= 0.6 is 0 Å². The Hall–Kier alpha value is -1.55. The summed E-state index contributed by atoms with van der Waals surface area (Å²) >= 11 is 0. The number of benzene rings is 1. The van der Waals surface area contributed by atoms with Crippen LogP contribution in [0.2, 0.25) is 0 Å². The van der Waals surface area contributed by atoms with E-state index in [0.717, 1.165) is 23.4 Å². The minimum atomic E-state index is -0.286. The second-order valence-corrected chi connectivity index (χ2v) is 6.43. The average Bonchev–Trinajstić information content (AvgIpc) is 2.38. The minimum absolute atomic E-state index is 0.0693.